The molecule has 0 amide bonds. The Balaban J connectivity index is 3.06. The number of hydrogen-bond acceptors (Lipinski definition) is 0. The molecule has 0 N–H and O–H groups in total. The Hall–Kier alpha value is -1.63. The van der Waals surface area contributed by atoms with E-state index in [2.05, 4.69) is 0 Å². The van der Waals surface area contributed by atoms with Gasteiger partial charge in [0.1, 0.15) is 7.05 Å². The fourth-order valence-electron chi connectivity index (χ4n) is 2.08. The van der Waals surface area contributed by atoms with Gasteiger partial charge in [0.25, 0.3) is 0 Å². The zero-order valence-electron chi connectivity index (χ0n) is 22.9. The van der Waals surface area contributed by atoms with E-state index in [0.29, 0.717) is 11.3 Å². The van der Waals surface area contributed by atoms with Gasteiger partial charge in [-0.1, -0.05) is 38.8 Å². The van der Waals surface area contributed by atoms with Crippen LogP contribution in [0.5, 0.6) is 0 Å². The quantitative estimate of drug-likeness (QED) is 0.734. The van der Waals surface area contributed by atoms with Gasteiger partial charge in [-0.05, 0) is 36.4 Å². The highest BCUT2D eigenvalue weighted by atomic mass is 14.9. The van der Waals surface area contributed by atoms with Gasteiger partial charge in [-0.3, -0.25) is 0 Å². The molecule has 1 heteroatoms. The number of aryl methyl sites for hydroxylation is 3. The minimum absolute atomic E-state index is 0.350. The first kappa shape index (κ1) is 5.05. The first-order chi connectivity index (χ1) is 13.8. The van der Waals surface area contributed by atoms with Gasteiger partial charge in [-0.15, -0.1) is 0 Å². The molecule has 1 nitrogen and oxygen atoms in total. The Morgan fingerprint density at radius 1 is 1.37 bits per heavy atom. The Bertz CT molecular complexity index is 955. The van der Waals surface area contributed by atoms with Crippen molar-refractivity contribution in [3.05, 3.63) is 53.2 Å². The van der Waals surface area contributed by atoms with E-state index in [-0.39, 0.29) is 0 Å². The third kappa shape index (κ3) is 2.70. The maximum atomic E-state index is 8.52. The summed E-state index contributed by atoms with van der Waals surface area (Å²) >= 11 is 0. The Kier molecular flexibility index (Phi) is 1.48. The van der Waals surface area contributed by atoms with Crippen molar-refractivity contribution >= 4 is 0 Å². The first-order valence-electron chi connectivity index (χ1n) is 11.9. The molecule has 0 saturated heterocycles. The van der Waals surface area contributed by atoms with Crippen molar-refractivity contribution in [2.24, 2.45) is 7.05 Å². The molecule has 0 aliphatic carbocycles. The highest BCUT2D eigenvalue weighted by molar-refractivity contribution is 5.61. The summed E-state index contributed by atoms with van der Waals surface area (Å²) in [5.74, 6) is -3.25. The van der Waals surface area contributed by atoms with Crippen molar-refractivity contribution in [1.29, 1.82) is 0 Å². The maximum absolute atomic E-state index is 8.52. The van der Waals surface area contributed by atoms with Crippen LogP contribution in [0.25, 0.3) is 11.3 Å². The molecule has 0 unspecified atom stereocenters. The highest BCUT2D eigenvalue weighted by Crippen LogP contribution is 2.25. The lowest BCUT2D eigenvalue weighted by Gasteiger charge is -2.12. The molecule has 2 aromatic rings. The molecule has 19 heavy (non-hydrogen) atoms. The van der Waals surface area contributed by atoms with Crippen molar-refractivity contribution in [1.82, 2.24) is 0 Å². The van der Waals surface area contributed by atoms with E-state index in [1.54, 1.807) is 31.2 Å². The van der Waals surface area contributed by atoms with E-state index in [1.807, 2.05) is 0 Å². The predicted octanol–water partition coefficient (Wildman–Crippen LogP) is 4.17. The number of nitrogens with zero attached hydrogens (tertiary/aromatic N) is 1. The molecule has 0 aliphatic rings. The van der Waals surface area contributed by atoms with E-state index in [9.17, 15) is 0 Å². The molecule has 0 saturated carbocycles. The third-order valence-electron chi connectivity index (χ3n) is 3.10. The number of pyridine rings is 1. The molecule has 0 spiro atoms. The molecule has 0 aliphatic heterocycles. The second-order valence-electron chi connectivity index (χ2n) is 4.41. The standard InChI is InChI=1S/C18H24N/c1-6-15-11-18(16-10-8-7-9-14(16)4)19(5)12-17(15)13(2)3/h7-13H,6H2,1-5H3/q+1/i1D3,2D3,3D3,6D2,13D. The van der Waals surface area contributed by atoms with Gasteiger partial charge in [0.05, 0.1) is 0 Å². The van der Waals surface area contributed by atoms with Crippen LogP contribution < -0.4 is 4.57 Å². The molecular weight excluding hydrogens is 230 g/mol. The largest absolute Gasteiger partial charge is 0.212 e. The van der Waals surface area contributed by atoms with Crippen molar-refractivity contribution in [3.8, 4) is 11.3 Å². The predicted molar refractivity (Wildman–Crippen MR) is 81.3 cm³/mol. The van der Waals surface area contributed by atoms with Gasteiger partial charge in [-0.2, -0.15) is 0 Å². The average Bonchev–Trinajstić information content (AvgIpc) is 2.58. The van der Waals surface area contributed by atoms with E-state index in [4.69, 9.17) is 16.4 Å². The van der Waals surface area contributed by atoms with Crippen molar-refractivity contribution in [2.45, 2.75) is 39.7 Å². The van der Waals surface area contributed by atoms with Crippen LogP contribution in [0.1, 0.15) is 59.6 Å². The Morgan fingerprint density at radius 3 is 2.84 bits per heavy atom. The van der Waals surface area contributed by atoms with Crippen LogP contribution in [0.4, 0.5) is 0 Å². The minimum atomic E-state index is -3.39. The van der Waals surface area contributed by atoms with Gasteiger partial charge in [0, 0.05) is 33.6 Å². The normalized spacial score (nSPS) is 23.7. The van der Waals surface area contributed by atoms with E-state index in [1.165, 1.54) is 11.6 Å². The summed E-state index contributed by atoms with van der Waals surface area (Å²) in [4.78, 5) is 0. The van der Waals surface area contributed by atoms with Crippen molar-refractivity contribution in [2.75, 3.05) is 0 Å². The average molecular weight is 266 g/mol. The minimum Gasteiger partial charge on any atom is -0.201 e. The van der Waals surface area contributed by atoms with Gasteiger partial charge < -0.3 is 0 Å². The van der Waals surface area contributed by atoms with Crippen LogP contribution in [0.3, 0.4) is 0 Å². The molecule has 1 aromatic carbocycles. The van der Waals surface area contributed by atoms with Crippen LogP contribution in [-0.2, 0) is 13.4 Å². The lowest BCUT2D eigenvalue weighted by atomic mass is 9.95. The molecule has 0 bridgehead atoms. The first-order valence-corrected chi connectivity index (χ1v) is 5.87. The van der Waals surface area contributed by atoms with Crippen LogP contribution in [0, 0.1) is 6.92 Å². The summed E-state index contributed by atoms with van der Waals surface area (Å²) < 4.78 is 96.1. The maximum Gasteiger partial charge on any atom is 0.212 e. The van der Waals surface area contributed by atoms with Gasteiger partial charge in [0.15, 0.2) is 6.20 Å². The summed E-state index contributed by atoms with van der Waals surface area (Å²) in [6.07, 6.45) is -2.07. The zero-order valence-corrected chi connectivity index (χ0v) is 10.9. The van der Waals surface area contributed by atoms with Gasteiger partial charge in [0.2, 0.25) is 5.69 Å². The van der Waals surface area contributed by atoms with Crippen LogP contribution in [-0.4, -0.2) is 0 Å². The van der Waals surface area contributed by atoms with Crippen LogP contribution in [0.2, 0.25) is 0 Å². The molecular formula is C18H24N+. The highest BCUT2D eigenvalue weighted by Gasteiger charge is 2.17. The lowest BCUT2D eigenvalue weighted by Crippen LogP contribution is -2.32. The van der Waals surface area contributed by atoms with Gasteiger partial charge >= 0.3 is 0 Å². The number of aromatic nitrogens is 1. The summed E-state index contributed by atoms with van der Waals surface area (Å²) in [6, 6.07) is 8.17. The second kappa shape index (κ2) is 5.56. The summed E-state index contributed by atoms with van der Waals surface area (Å²) in [5, 5.41) is 0. The fraction of sp³-hybridized carbons (Fsp3) is 0.389. The molecule has 100 valence electrons. The molecule has 0 atom stereocenters. The van der Waals surface area contributed by atoms with Crippen molar-refractivity contribution < 1.29 is 21.0 Å². The van der Waals surface area contributed by atoms with E-state index in [0.717, 1.165) is 17.8 Å². The molecule has 0 radical (unpaired) electrons. The molecule has 1 heterocycles. The number of hydrogen-bond donors (Lipinski definition) is 0. The van der Waals surface area contributed by atoms with Crippen LogP contribution in [0.15, 0.2) is 36.5 Å². The summed E-state index contributed by atoms with van der Waals surface area (Å²) in [7, 11) is 1.50. The summed E-state index contributed by atoms with van der Waals surface area (Å²) in [5.41, 5.74) is 0.385. The summed E-state index contributed by atoms with van der Waals surface area (Å²) in [6.45, 7) is -8.24. The smallest absolute Gasteiger partial charge is 0.201 e. The van der Waals surface area contributed by atoms with Crippen LogP contribution >= 0.6 is 0 Å². The monoisotopic (exact) mass is 266 g/mol. The topological polar surface area (TPSA) is 3.88 Å². The second-order valence-corrected chi connectivity index (χ2v) is 4.41. The third-order valence-corrected chi connectivity index (χ3v) is 3.10. The molecule has 1 aromatic heterocycles. The fourth-order valence-corrected chi connectivity index (χ4v) is 2.08. The number of benzene rings is 1. The van der Waals surface area contributed by atoms with Gasteiger partial charge in [-0.25, -0.2) is 4.57 Å². The number of rotatable bonds is 3. The Morgan fingerprint density at radius 2 is 2.16 bits per heavy atom. The SMILES string of the molecule is [2H]C([2H])([2H])C([2H])([2H])c1cc(-c2ccccc2C)[n+](C)cc1C([2H])(C([2H])([2H])[2H])C([2H])([2H])[2H]. The Labute approximate surface area is 133 Å². The molecule has 2 rings (SSSR count). The van der Waals surface area contributed by atoms with E-state index < -0.39 is 43.9 Å². The van der Waals surface area contributed by atoms with Crippen molar-refractivity contribution in [3.63, 3.8) is 0 Å². The zero-order chi connectivity index (χ0) is 24.2. The van der Waals surface area contributed by atoms with E-state index >= 15 is 0 Å². The lowest BCUT2D eigenvalue weighted by molar-refractivity contribution is -0.661. The molecule has 0 fully saturated rings.